The Hall–Kier alpha value is -0.143. The number of carbonyl (C=O) groups is 1. The molecule has 172 valence electrons. The van der Waals surface area contributed by atoms with Crippen LogP contribution in [0.4, 0.5) is 0 Å². The van der Waals surface area contributed by atoms with Gasteiger partial charge < -0.3 is 18.6 Å². The molecular formula is C22H43ClO5Si. The van der Waals surface area contributed by atoms with Crippen molar-refractivity contribution >= 4 is 25.9 Å². The first-order valence-electron chi connectivity index (χ1n) is 11.0. The van der Waals surface area contributed by atoms with Crippen LogP contribution in [0, 0.1) is 17.8 Å². The highest BCUT2D eigenvalue weighted by Crippen LogP contribution is 2.41. The zero-order valence-corrected chi connectivity index (χ0v) is 21.5. The van der Waals surface area contributed by atoms with Crippen LogP contribution in [0.3, 0.4) is 0 Å². The summed E-state index contributed by atoms with van der Waals surface area (Å²) in [6, 6.07) is 0. The average Bonchev–Trinajstić information content (AvgIpc) is 3.16. The van der Waals surface area contributed by atoms with E-state index in [0.717, 1.165) is 19.3 Å². The molecule has 0 aromatic rings. The van der Waals surface area contributed by atoms with E-state index in [1.54, 1.807) is 0 Å². The van der Waals surface area contributed by atoms with Crippen LogP contribution >= 0.6 is 11.6 Å². The third-order valence-electron chi connectivity index (χ3n) is 6.47. The zero-order valence-electron chi connectivity index (χ0n) is 19.8. The topological polar surface area (TPSA) is 54.0 Å². The number of hydrogen-bond acceptors (Lipinski definition) is 5. The van der Waals surface area contributed by atoms with Crippen LogP contribution in [0.5, 0.6) is 0 Å². The molecule has 1 heterocycles. The molecule has 29 heavy (non-hydrogen) atoms. The molecule has 0 aromatic carbocycles. The number of methoxy groups -OCH3 is 1. The van der Waals surface area contributed by atoms with Crippen LogP contribution in [0.25, 0.3) is 0 Å². The summed E-state index contributed by atoms with van der Waals surface area (Å²) in [5.41, 5.74) is 0. The minimum atomic E-state index is -2.03. The third-order valence-corrected chi connectivity index (χ3v) is 11.2. The summed E-state index contributed by atoms with van der Waals surface area (Å²) in [7, 11) is -0.585. The molecule has 1 aliphatic rings. The van der Waals surface area contributed by atoms with Gasteiger partial charge in [0.2, 0.25) is 0 Å². The second-order valence-electron chi connectivity index (χ2n) is 9.94. The molecule has 1 saturated heterocycles. The first kappa shape index (κ1) is 26.9. The zero-order chi connectivity index (χ0) is 22.2. The lowest BCUT2D eigenvalue weighted by Gasteiger charge is -2.44. The Morgan fingerprint density at radius 2 is 1.76 bits per heavy atom. The van der Waals surface area contributed by atoms with Crippen molar-refractivity contribution in [2.24, 2.45) is 17.8 Å². The van der Waals surface area contributed by atoms with Gasteiger partial charge in [-0.3, -0.25) is 4.79 Å². The summed E-state index contributed by atoms with van der Waals surface area (Å²) in [6.07, 6.45) is 3.33. The standard InChI is InChI=1S/C22H43ClO5Si/c1-16(15-17(2)20(24)25-6)19(28-29(7,8)22(3,4)5)18(11-9-10-12-23)21-26-13-14-27-21/h16-19,21H,9-15H2,1-8H3/t16-,17+,18+,19+/m0/s1. The maximum absolute atomic E-state index is 12.0. The van der Waals surface area contributed by atoms with Crippen LogP contribution in [0.2, 0.25) is 18.1 Å². The lowest BCUT2D eigenvalue weighted by molar-refractivity contribution is -0.147. The van der Waals surface area contributed by atoms with Crippen molar-refractivity contribution in [1.29, 1.82) is 0 Å². The van der Waals surface area contributed by atoms with Crippen LogP contribution in [0.15, 0.2) is 0 Å². The molecule has 1 aliphatic heterocycles. The molecule has 0 unspecified atom stereocenters. The van der Waals surface area contributed by atoms with Gasteiger partial charge in [0.1, 0.15) is 0 Å². The van der Waals surface area contributed by atoms with E-state index in [0.29, 0.717) is 25.5 Å². The van der Waals surface area contributed by atoms with E-state index in [2.05, 4.69) is 40.8 Å². The van der Waals surface area contributed by atoms with Crippen molar-refractivity contribution in [2.75, 3.05) is 26.2 Å². The summed E-state index contributed by atoms with van der Waals surface area (Å²) < 4.78 is 23.8. The van der Waals surface area contributed by atoms with E-state index in [4.69, 9.17) is 30.2 Å². The first-order valence-corrected chi connectivity index (χ1v) is 14.4. The maximum Gasteiger partial charge on any atom is 0.308 e. The van der Waals surface area contributed by atoms with Gasteiger partial charge in [0, 0.05) is 11.8 Å². The molecule has 4 atom stereocenters. The number of ether oxygens (including phenoxy) is 3. The van der Waals surface area contributed by atoms with Crippen molar-refractivity contribution in [2.45, 2.75) is 90.8 Å². The molecule has 0 saturated carbocycles. The van der Waals surface area contributed by atoms with Gasteiger partial charge >= 0.3 is 5.97 Å². The molecule has 0 spiro atoms. The molecule has 0 bridgehead atoms. The smallest absolute Gasteiger partial charge is 0.308 e. The van der Waals surface area contributed by atoms with Crippen LogP contribution in [-0.2, 0) is 23.4 Å². The van der Waals surface area contributed by atoms with E-state index >= 15 is 0 Å². The van der Waals surface area contributed by atoms with E-state index in [1.165, 1.54) is 7.11 Å². The van der Waals surface area contributed by atoms with Crippen LogP contribution in [-0.4, -0.2) is 52.9 Å². The SMILES string of the molecule is COC(=O)[C@H](C)C[C@H](C)[C@@H](O[Si](C)(C)C(C)(C)C)[C@@H](CCCCCl)C1OCCO1. The molecule has 0 aromatic heterocycles. The van der Waals surface area contributed by atoms with Gasteiger partial charge in [-0.15, -0.1) is 11.6 Å². The van der Waals surface area contributed by atoms with Gasteiger partial charge in [0.05, 0.1) is 32.3 Å². The quantitative estimate of drug-likeness (QED) is 0.167. The fraction of sp³-hybridized carbons (Fsp3) is 0.955. The molecule has 0 aliphatic carbocycles. The van der Waals surface area contributed by atoms with E-state index < -0.39 is 8.32 Å². The molecule has 0 N–H and O–H groups in total. The normalized spacial score (nSPS) is 20.3. The van der Waals surface area contributed by atoms with E-state index in [9.17, 15) is 4.79 Å². The summed E-state index contributed by atoms with van der Waals surface area (Å²) in [5.74, 6) is 0.605. The Kier molecular flexibility index (Phi) is 11.2. The van der Waals surface area contributed by atoms with Crippen LogP contribution < -0.4 is 0 Å². The van der Waals surface area contributed by atoms with Gasteiger partial charge in [0.15, 0.2) is 14.6 Å². The number of carbonyl (C=O) groups excluding carboxylic acids is 1. The lowest BCUT2D eigenvalue weighted by Crippen LogP contribution is -2.50. The van der Waals surface area contributed by atoms with Gasteiger partial charge in [-0.05, 0) is 43.3 Å². The average molecular weight is 451 g/mol. The Morgan fingerprint density at radius 3 is 2.24 bits per heavy atom. The van der Waals surface area contributed by atoms with Gasteiger partial charge in [-0.2, -0.15) is 0 Å². The maximum atomic E-state index is 12.0. The number of unbranched alkanes of at least 4 members (excludes halogenated alkanes) is 1. The predicted octanol–water partition coefficient (Wildman–Crippen LogP) is 5.61. The Labute approximate surface area is 184 Å². The molecule has 0 amide bonds. The van der Waals surface area contributed by atoms with Gasteiger partial charge in [0.25, 0.3) is 0 Å². The second kappa shape index (κ2) is 12.0. The number of hydrogen-bond donors (Lipinski definition) is 0. The van der Waals surface area contributed by atoms with Crippen molar-refractivity contribution in [3.63, 3.8) is 0 Å². The van der Waals surface area contributed by atoms with Crippen molar-refractivity contribution in [3.8, 4) is 0 Å². The summed E-state index contributed by atoms with van der Waals surface area (Å²) in [5, 5.41) is 0.0943. The molecule has 1 fully saturated rings. The van der Waals surface area contributed by atoms with E-state index in [1.807, 2.05) is 6.92 Å². The van der Waals surface area contributed by atoms with Gasteiger partial charge in [-0.25, -0.2) is 0 Å². The minimum Gasteiger partial charge on any atom is -0.469 e. The second-order valence-corrected chi connectivity index (χ2v) is 15.1. The first-order chi connectivity index (χ1) is 13.4. The number of rotatable bonds is 12. The Bertz CT molecular complexity index is 488. The Morgan fingerprint density at radius 1 is 1.17 bits per heavy atom. The highest BCUT2D eigenvalue weighted by molar-refractivity contribution is 6.74. The molecule has 1 rings (SSSR count). The fourth-order valence-corrected chi connectivity index (χ4v) is 5.32. The molecule has 7 heteroatoms. The van der Waals surface area contributed by atoms with Gasteiger partial charge in [-0.1, -0.05) is 41.0 Å². The predicted molar refractivity (Wildman–Crippen MR) is 121 cm³/mol. The fourth-order valence-electron chi connectivity index (χ4n) is 3.69. The third kappa shape index (κ3) is 8.13. The molecule has 0 radical (unpaired) electrons. The monoisotopic (exact) mass is 450 g/mol. The number of halogens is 1. The largest absolute Gasteiger partial charge is 0.469 e. The molecule has 5 nitrogen and oxygen atoms in total. The number of esters is 1. The van der Waals surface area contributed by atoms with Crippen molar-refractivity contribution in [3.05, 3.63) is 0 Å². The lowest BCUT2D eigenvalue weighted by atomic mass is 9.83. The minimum absolute atomic E-state index is 0.0403. The highest BCUT2D eigenvalue weighted by Gasteiger charge is 2.45. The van der Waals surface area contributed by atoms with Crippen molar-refractivity contribution < 1.29 is 23.4 Å². The number of alkyl halides is 1. The summed E-state index contributed by atoms with van der Waals surface area (Å²) >= 11 is 5.93. The van der Waals surface area contributed by atoms with E-state index in [-0.39, 0.29) is 41.2 Å². The van der Waals surface area contributed by atoms with Crippen LogP contribution in [0.1, 0.15) is 60.3 Å². The molecular weight excluding hydrogens is 408 g/mol. The highest BCUT2D eigenvalue weighted by atomic mass is 35.5. The Balaban J connectivity index is 3.13. The summed E-state index contributed by atoms with van der Waals surface area (Å²) in [4.78, 5) is 12.0. The van der Waals surface area contributed by atoms with Crippen molar-refractivity contribution in [1.82, 2.24) is 0 Å². The summed E-state index contributed by atoms with van der Waals surface area (Å²) in [6.45, 7) is 16.7.